The number of methoxy groups -OCH3 is 1. The summed E-state index contributed by atoms with van der Waals surface area (Å²) in [6.45, 7) is 5.61. The van der Waals surface area contributed by atoms with Crippen LogP contribution in [0.25, 0.3) is 0 Å². The van der Waals surface area contributed by atoms with Crippen molar-refractivity contribution in [2.45, 2.75) is 33.1 Å². The predicted octanol–water partition coefficient (Wildman–Crippen LogP) is 1.92. The monoisotopic (exact) mass is 318 g/mol. The second-order valence-electron chi connectivity index (χ2n) is 6.13. The number of aryl methyl sites for hydroxylation is 1. The molecular formula is C18H26N2O3. The van der Waals surface area contributed by atoms with Crippen molar-refractivity contribution in [2.24, 2.45) is 5.92 Å². The molecule has 1 heterocycles. The molecule has 0 unspecified atom stereocenters. The number of piperidine rings is 1. The molecule has 1 saturated heterocycles. The van der Waals surface area contributed by atoms with E-state index in [1.807, 2.05) is 24.0 Å². The SMILES string of the molecule is COc1ccc(CCNC(=O)C2CCN(C(C)=O)CC2)cc1C. The normalized spacial score (nSPS) is 15.3. The molecule has 0 radical (unpaired) electrons. The van der Waals surface area contributed by atoms with Crippen LogP contribution in [0.4, 0.5) is 0 Å². The molecule has 0 saturated carbocycles. The topological polar surface area (TPSA) is 58.6 Å². The van der Waals surface area contributed by atoms with Crippen LogP contribution in [0.2, 0.25) is 0 Å². The smallest absolute Gasteiger partial charge is 0.223 e. The number of carbonyl (C=O) groups is 2. The number of likely N-dealkylation sites (tertiary alicyclic amines) is 1. The first kappa shape index (κ1) is 17.3. The van der Waals surface area contributed by atoms with Crippen LogP contribution >= 0.6 is 0 Å². The number of nitrogens with one attached hydrogen (secondary N) is 1. The Labute approximate surface area is 138 Å². The van der Waals surface area contributed by atoms with E-state index in [1.165, 1.54) is 5.56 Å². The highest BCUT2D eigenvalue weighted by molar-refractivity contribution is 5.79. The van der Waals surface area contributed by atoms with Gasteiger partial charge in [0.2, 0.25) is 11.8 Å². The average Bonchev–Trinajstić information content (AvgIpc) is 2.55. The Kier molecular flexibility index (Phi) is 6.02. The number of rotatable bonds is 5. The van der Waals surface area contributed by atoms with Crippen LogP contribution in [-0.4, -0.2) is 43.5 Å². The molecule has 1 aromatic carbocycles. The van der Waals surface area contributed by atoms with Gasteiger partial charge >= 0.3 is 0 Å². The van der Waals surface area contributed by atoms with Crippen molar-refractivity contribution in [3.8, 4) is 5.75 Å². The van der Waals surface area contributed by atoms with Gasteiger partial charge < -0.3 is 15.0 Å². The van der Waals surface area contributed by atoms with Crippen molar-refractivity contribution >= 4 is 11.8 Å². The van der Waals surface area contributed by atoms with Gasteiger partial charge in [0.05, 0.1) is 7.11 Å². The standard InChI is InChI=1S/C18H26N2O3/c1-13-12-15(4-5-17(13)23-3)6-9-19-18(22)16-7-10-20(11-8-16)14(2)21/h4-5,12,16H,6-11H2,1-3H3,(H,19,22). The third-order valence-electron chi connectivity index (χ3n) is 4.48. The lowest BCUT2D eigenvalue weighted by atomic mass is 9.96. The zero-order chi connectivity index (χ0) is 16.8. The minimum Gasteiger partial charge on any atom is -0.496 e. The zero-order valence-corrected chi connectivity index (χ0v) is 14.2. The predicted molar refractivity (Wildman–Crippen MR) is 89.4 cm³/mol. The number of benzene rings is 1. The lowest BCUT2D eigenvalue weighted by molar-refractivity contribution is -0.133. The summed E-state index contributed by atoms with van der Waals surface area (Å²) in [7, 11) is 1.67. The summed E-state index contributed by atoms with van der Waals surface area (Å²) in [5.74, 6) is 1.12. The molecule has 1 N–H and O–H groups in total. The van der Waals surface area contributed by atoms with Crippen LogP contribution in [0, 0.1) is 12.8 Å². The second-order valence-corrected chi connectivity index (χ2v) is 6.13. The maximum absolute atomic E-state index is 12.2. The Bertz CT molecular complexity index is 563. The van der Waals surface area contributed by atoms with E-state index in [2.05, 4.69) is 11.4 Å². The summed E-state index contributed by atoms with van der Waals surface area (Å²) < 4.78 is 5.25. The van der Waals surface area contributed by atoms with Crippen LogP contribution in [0.3, 0.4) is 0 Å². The van der Waals surface area contributed by atoms with Gasteiger partial charge in [-0.3, -0.25) is 9.59 Å². The quantitative estimate of drug-likeness (QED) is 0.902. The summed E-state index contributed by atoms with van der Waals surface area (Å²) in [5, 5.41) is 3.02. The van der Waals surface area contributed by atoms with E-state index in [-0.39, 0.29) is 17.7 Å². The molecule has 1 aliphatic rings. The van der Waals surface area contributed by atoms with E-state index >= 15 is 0 Å². The Morgan fingerprint density at radius 3 is 2.57 bits per heavy atom. The van der Waals surface area contributed by atoms with E-state index in [0.717, 1.165) is 30.6 Å². The highest BCUT2D eigenvalue weighted by atomic mass is 16.5. The van der Waals surface area contributed by atoms with E-state index in [0.29, 0.717) is 19.6 Å². The van der Waals surface area contributed by atoms with Crippen molar-refractivity contribution in [3.05, 3.63) is 29.3 Å². The van der Waals surface area contributed by atoms with E-state index < -0.39 is 0 Å². The largest absolute Gasteiger partial charge is 0.496 e. The summed E-state index contributed by atoms with van der Waals surface area (Å²) in [6, 6.07) is 6.09. The molecule has 0 aliphatic carbocycles. The van der Waals surface area contributed by atoms with Gasteiger partial charge in [-0.05, 0) is 43.4 Å². The Hall–Kier alpha value is -2.04. The van der Waals surface area contributed by atoms with Gasteiger partial charge in [-0.1, -0.05) is 12.1 Å². The average molecular weight is 318 g/mol. The fourth-order valence-electron chi connectivity index (χ4n) is 3.03. The Morgan fingerprint density at radius 2 is 2.00 bits per heavy atom. The highest BCUT2D eigenvalue weighted by Gasteiger charge is 2.25. The fourth-order valence-corrected chi connectivity index (χ4v) is 3.03. The van der Waals surface area contributed by atoms with E-state index in [4.69, 9.17) is 4.74 Å². The Balaban J connectivity index is 1.75. The van der Waals surface area contributed by atoms with Crippen molar-refractivity contribution in [1.29, 1.82) is 0 Å². The highest BCUT2D eigenvalue weighted by Crippen LogP contribution is 2.19. The number of carbonyl (C=O) groups excluding carboxylic acids is 2. The Morgan fingerprint density at radius 1 is 1.30 bits per heavy atom. The zero-order valence-electron chi connectivity index (χ0n) is 14.2. The summed E-state index contributed by atoms with van der Waals surface area (Å²) >= 11 is 0. The van der Waals surface area contributed by atoms with Gasteiger partial charge in [0.15, 0.2) is 0 Å². The molecule has 0 atom stereocenters. The fraction of sp³-hybridized carbons (Fsp3) is 0.556. The summed E-state index contributed by atoms with van der Waals surface area (Å²) in [6.07, 6.45) is 2.32. The molecule has 23 heavy (non-hydrogen) atoms. The first-order valence-corrected chi connectivity index (χ1v) is 8.18. The molecule has 5 nitrogen and oxygen atoms in total. The van der Waals surface area contributed by atoms with Gasteiger partial charge in [0.1, 0.15) is 5.75 Å². The molecule has 0 aromatic heterocycles. The van der Waals surface area contributed by atoms with Crippen molar-refractivity contribution in [1.82, 2.24) is 10.2 Å². The minimum absolute atomic E-state index is 0.0307. The molecular weight excluding hydrogens is 292 g/mol. The summed E-state index contributed by atoms with van der Waals surface area (Å²) in [4.78, 5) is 25.3. The van der Waals surface area contributed by atoms with Crippen LogP contribution in [0.1, 0.15) is 30.9 Å². The maximum Gasteiger partial charge on any atom is 0.223 e. The van der Waals surface area contributed by atoms with Crippen molar-refractivity contribution in [3.63, 3.8) is 0 Å². The first-order valence-electron chi connectivity index (χ1n) is 8.18. The van der Waals surface area contributed by atoms with E-state index in [1.54, 1.807) is 14.0 Å². The van der Waals surface area contributed by atoms with Crippen molar-refractivity contribution < 1.29 is 14.3 Å². The molecule has 1 aromatic rings. The van der Waals surface area contributed by atoms with Gasteiger partial charge in [-0.15, -0.1) is 0 Å². The molecule has 0 spiro atoms. The molecule has 1 fully saturated rings. The van der Waals surface area contributed by atoms with Crippen LogP contribution in [-0.2, 0) is 16.0 Å². The van der Waals surface area contributed by atoms with Crippen molar-refractivity contribution in [2.75, 3.05) is 26.7 Å². The van der Waals surface area contributed by atoms with Gasteiger partial charge in [0, 0.05) is 32.5 Å². The lowest BCUT2D eigenvalue weighted by Gasteiger charge is -2.30. The van der Waals surface area contributed by atoms with Gasteiger partial charge in [-0.25, -0.2) is 0 Å². The molecule has 126 valence electrons. The molecule has 1 aliphatic heterocycles. The third-order valence-corrected chi connectivity index (χ3v) is 4.48. The summed E-state index contributed by atoms with van der Waals surface area (Å²) in [5.41, 5.74) is 2.29. The molecule has 2 rings (SSSR count). The number of hydrogen-bond acceptors (Lipinski definition) is 3. The first-order chi connectivity index (χ1) is 11.0. The van der Waals surface area contributed by atoms with Crippen LogP contribution in [0.15, 0.2) is 18.2 Å². The van der Waals surface area contributed by atoms with Crippen LogP contribution < -0.4 is 10.1 Å². The number of ether oxygens (including phenoxy) is 1. The van der Waals surface area contributed by atoms with Gasteiger partial charge in [-0.2, -0.15) is 0 Å². The van der Waals surface area contributed by atoms with Crippen LogP contribution in [0.5, 0.6) is 5.75 Å². The molecule has 5 heteroatoms. The van der Waals surface area contributed by atoms with Gasteiger partial charge in [0.25, 0.3) is 0 Å². The number of amides is 2. The second kappa shape index (κ2) is 7.99. The van der Waals surface area contributed by atoms with E-state index in [9.17, 15) is 9.59 Å². The molecule has 0 bridgehead atoms. The molecule has 2 amide bonds. The maximum atomic E-state index is 12.2. The lowest BCUT2D eigenvalue weighted by Crippen LogP contribution is -2.42. The third kappa shape index (κ3) is 4.71. The minimum atomic E-state index is 0.0307. The number of nitrogens with zero attached hydrogens (tertiary/aromatic N) is 1. The number of hydrogen-bond donors (Lipinski definition) is 1.